The van der Waals surface area contributed by atoms with Gasteiger partial charge in [0.25, 0.3) is 0 Å². The number of nitrogens with one attached hydrogen (secondary N) is 1. The Balaban J connectivity index is 1.47. The fourth-order valence-corrected chi connectivity index (χ4v) is 5.05. The van der Waals surface area contributed by atoms with Gasteiger partial charge < -0.3 is 9.64 Å². The first-order valence-electron chi connectivity index (χ1n) is 11.0. The molecule has 0 aliphatic rings. The largest absolute Gasteiger partial charge is 0.497 e. The molecule has 1 N–H and O–H groups in total. The lowest BCUT2D eigenvalue weighted by Gasteiger charge is -2.22. The first-order chi connectivity index (χ1) is 17.1. The van der Waals surface area contributed by atoms with Crippen molar-refractivity contribution in [1.29, 1.82) is 0 Å². The molecule has 2 aromatic heterocycles. The minimum atomic E-state index is 0.571. The number of anilines is 2. The number of aromatic amines is 1. The van der Waals surface area contributed by atoms with Gasteiger partial charge in [-0.05, 0) is 60.7 Å². The van der Waals surface area contributed by atoms with Crippen LogP contribution in [0.3, 0.4) is 0 Å². The van der Waals surface area contributed by atoms with E-state index < -0.39 is 0 Å². The number of hydrogen-bond acceptors (Lipinski definition) is 6. The highest BCUT2D eigenvalue weighted by molar-refractivity contribution is 7.71. The number of nitrogens with zero attached hydrogens (tertiary/aromatic N) is 4. The molecule has 3 aromatic carbocycles. The van der Waals surface area contributed by atoms with Crippen LogP contribution in [0.4, 0.5) is 10.8 Å². The van der Waals surface area contributed by atoms with Gasteiger partial charge in [0.05, 0.1) is 12.8 Å². The molecule has 0 spiro atoms. The highest BCUT2D eigenvalue weighted by Crippen LogP contribution is 2.33. The fraction of sp³-hybridized carbons (Fsp3) is 0.115. The number of methoxy groups -OCH3 is 1. The van der Waals surface area contributed by atoms with Crippen molar-refractivity contribution in [1.82, 2.24) is 19.7 Å². The maximum absolute atomic E-state index is 6.06. The van der Waals surface area contributed by atoms with Crippen LogP contribution in [-0.2, 0) is 6.42 Å². The van der Waals surface area contributed by atoms with Crippen molar-refractivity contribution in [3.8, 4) is 22.7 Å². The van der Waals surface area contributed by atoms with E-state index in [-0.39, 0.29) is 0 Å². The number of hydrogen-bond donors (Lipinski definition) is 1. The monoisotopic (exact) mass is 519 g/mol. The smallest absolute Gasteiger partial charge is 0.199 e. The lowest BCUT2D eigenvalue weighted by Crippen LogP contribution is -2.21. The van der Waals surface area contributed by atoms with Crippen molar-refractivity contribution in [2.75, 3.05) is 18.6 Å². The number of para-hydroxylation sites is 1. The summed E-state index contributed by atoms with van der Waals surface area (Å²) in [6, 6.07) is 25.7. The molecule has 35 heavy (non-hydrogen) atoms. The van der Waals surface area contributed by atoms with E-state index in [9.17, 15) is 0 Å². The van der Waals surface area contributed by atoms with E-state index in [4.69, 9.17) is 33.5 Å². The zero-order valence-corrected chi connectivity index (χ0v) is 21.3. The summed E-state index contributed by atoms with van der Waals surface area (Å²) in [5, 5.41) is 11.1. The quantitative estimate of drug-likeness (QED) is 0.222. The molecule has 176 valence electrons. The summed E-state index contributed by atoms with van der Waals surface area (Å²) in [4.78, 5) is 7.13. The highest BCUT2D eigenvalue weighted by atomic mass is 35.5. The van der Waals surface area contributed by atoms with E-state index in [1.165, 1.54) is 0 Å². The Hall–Kier alpha value is -3.46. The molecular weight excluding hydrogens is 498 g/mol. The molecule has 0 unspecified atom stereocenters. The van der Waals surface area contributed by atoms with Gasteiger partial charge in [-0.25, -0.2) is 4.98 Å². The van der Waals surface area contributed by atoms with Crippen LogP contribution in [0, 0.1) is 4.77 Å². The third kappa shape index (κ3) is 5.14. The summed E-state index contributed by atoms with van der Waals surface area (Å²) < 4.78 is 7.90. The van der Waals surface area contributed by atoms with E-state index in [0.717, 1.165) is 39.3 Å². The van der Waals surface area contributed by atoms with Crippen molar-refractivity contribution < 1.29 is 4.74 Å². The van der Waals surface area contributed by atoms with Crippen LogP contribution in [0.1, 0.15) is 5.82 Å². The number of ether oxygens (including phenoxy) is 1. The normalized spacial score (nSPS) is 10.9. The molecule has 6 nitrogen and oxygen atoms in total. The molecule has 2 heterocycles. The lowest BCUT2D eigenvalue weighted by molar-refractivity contribution is 0.415. The minimum absolute atomic E-state index is 0.571. The lowest BCUT2D eigenvalue weighted by atomic mass is 10.2. The highest BCUT2D eigenvalue weighted by Gasteiger charge is 2.17. The Kier molecular flexibility index (Phi) is 6.94. The van der Waals surface area contributed by atoms with E-state index in [2.05, 4.69) is 20.5 Å². The predicted molar refractivity (Wildman–Crippen MR) is 145 cm³/mol. The molecule has 9 heteroatoms. The summed E-state index contributed by atoms with van der Waals surface area (Å²) in [5.74, 6) is 1.66. The number of aromatic nitrogens is 4. The molecule has 0 atom stereocenters. The molecule has 0 saturated heterocycles. The Morgan fingerprint density at radius 2 is 1.77 bits per heavy atom. The average molecular weight is 520 g/mol. The SMILES string of the molecule is COc1ccc(N(CCc2n[nH]c(=S)n2-c2ccccc2)c2nc(-c3ccc(Cl)cc3)cs2)cc1. The molecule has 0 bridgehead atoms. The number of H-pyrrole nitrogens is 1. The number of benzene rings is 3. The van der Waals surface area contributed by atoms with Gasteiger partial charge in [0.2, 0.25) is 0 Å². The van der Waals surface area contributed by atoms with Crippen LogP contribution >= 0.6 is 35.2 Å². The molecule has 5 rings (SSSR count). The molecule has 0 amide bonds. The summed E-state index contributed by atoms with van der Waals surface area (Å²) in [6.45, 7) is 0.659. The van der Waals surface area contributed by atoms with Crippen molar-refractivity contribution in [3.05, 3.63) is 99.9 Å². The maximum atomic E-state index is 6.06. The number of thiazole rings is 1. The van der Waals surface area contributed by atoms with Crippen LogP contribution in [-0.4, -0.2) is 33.4 Å². The van der Waals surface area contributed by atoms with E-state index in [1.54, 1.807) is 18.4 Å². The Morgan fingerprint density at radius 3 is 2.49 bits per heavy atom. The first-order valence-corrected chi connectivity index (χ1v) is 12.6. The topological polar surface area (TPSA) is 59.0 Å². The number of halogens is 1. The van der Waals surface area contributed by atoms with E-state index in [0.29, 0.717) is 22.8 Å². The predicted octanol–water partition coefficient (Wildman–Crippen LogP) is 7.10. The Labute approximate surface area is 217 Å². The van der Waals surface area contributed by atoms with E-state index in [1.807, 2.05) is 83.4 Å². The maximum Gasteiger partial charge on any atom is 0.199 e. The molecule has 0 aliphatic carbocycles. The van der Waals surface area contributed by atoms with Crippen LogP contribution in [0.2, 0.25) is 5.02 Å². The third-order valence-electron chi connectivity index (χ3n) is 5.56. The Bertz CT molecular complexity index is 1460. The van der Waals surface area contributed by atoms with Gasteiger partial charge in [0, 0.05) is 40.3 Å². The van der Waals surface area contributed by atoms with Gasteiger partial charge in [0.1, 0.15) is 11.6 Å². The summed E-state index contributed by atoms with van der Waals surface area (Å²) in [5.41, 5.74) is 3.93. The summed E-state index contributed by atoms with van der Waals surface area (Å²) in [7, 11) is 1.66. The second kappa shape index (κ2) is 10.4. The van der Waals surface area contributed by atoms with E-state index >= 15 is 0 Å². The zero-order chi connectivity index (χ0) is 24.2. The fourth-order valence-electron chi connectivity index (χ4n) is 3.79. The van der Waals surface area contributed by atoms with Crippen LogP contribution in [0.15, 0.2) is 84.2 Å². The molecule has 0 fully saturated rings. The molecule has 0 aliphatic heterocycles. The standard InChI is InChI=1S/C26H22ClN5OS2/c1-33-22-13-11-20(12-14-22)31(26-28-23(17-35-26)18-7-9-19(27)10-8-18)16-15-24-29-30-25(34)32(24)21-5-3-2-4-6-21/h2-14,17H,15-16H2,1H3,(H,30,34). The molecule has 0 saturated carbocycles. The summed E-state index contributed by atoms with van der Waals surface area (Å²) >= 11 is 13.2. The van der Waals surface area contributed by atoms with Crippen LogP contribution in [0.5, 0.6) is 5.75 Å². The van der Waals surface area contributed by atoms with Crippen molar-refractivity contribution in [2.24, 2.45) is 0 Å². The van der Waals surface area contributed by atoms with Gasteiger partial charge in [-0.1, -0.05) is 41.9 Å². The number of rotatable bonds is 8. The van der Waals surface area contributed by atoms with Gasteiger partial charge in [0.15, 0.2) is 9.90 Å². The van der Waals surface area contributed by atoms with Crippen molar-refractivity contribution >= 4 is 46.0 Å². The van der Waals surface area contributed by atoms with Crippen molar-refractivity contribution in [2.45, 2.75) is 6.42 Å². The third-order valence-corrected chi connectivity index (χ3v) is 6.95. The summed E-state index contributed by atoms with van der Waals surface area (Å²) in [6.07, 6.45) is 0.657. The average Bonchev–Trinajstić information content (AvgIpc) is 3.53. The van der Waals surface area contributed by atoms with Crippen LogP contribution < -0.4 is 9.64 Å². The second-order valence-corrected chi connectivity index (χ2v) is 9.40. The van der Waals surface area contributed by atoms with Crippen molar-refractivity contribution in [3.63, 3.8) is 0 Å². The zero-order valence-electron chi connectivity index (χ0n) is 18.9. The molecule has 5 aromatic rings. The first kappa shape index (κ1) is 23.3. The second-order valence-electron chi connectivity index (χ2n) is 7.74. The molecule has 0 radical (unpaired) electrons. The Morgan fingerprint density at radius 1 is 1.03 bits per heavy atom. The molecular formula is C26H22ClN5OS2. The van der Waals surface area contributed by atoms with Crippen LogP contribution in [0.25, 0.3) is 16.9 Å². The van der Waals surface area contributed by atoms with Gasteiger partial charge in [-0.3, -0.25) is 9.67 Å². The van der Waals surface area contributed by atoms with Gasteiger partial charge in [-0.2, -0.15) is 5.10 Å². The van der Waals surface area contributed by atoms with Gasteiger partial charge in [-0.15, -0.1) is 11.3 Å². The minimum Gasteiger partial charge on any atom is -0.497 e. The van der Waals surface area contributed by atoms with Gasteiger partial charge >= 0.3 is 0 Å².